The van der Waals surface area contributed by atoms with Crippen molar-refractivity contribution in [3.8, 4) is 0 Å². The number of rotatable bonds is 1. The van der Waals surface area contributed by atoms with E-state index in [1.807, 2.05) is 13.0 Å². The quantitative estimate of drug-likeness (QED) is 0.604. The van der Waals surface area contributed by atoms with Crippen LogP contribution in [0.4, 0.5) is 0 Å². The van der Waals surface area contributed by atoms with Crippen LogP contribution in [0.3, 0.4) is 0 Å². The molecule has 0 fully saturated rings. The third-order valence-electron chi connectivity index (χ3n) is 4.61. The van der Waals surface area contributed by atoms with Crippen LogP contribution in [0.5, 0.6) is 0 Å². The Hall–Kier alpha value is -0.820. The molecule has 1 N–H and O–H groups in total. The van der Waals surface area contributed by atoms with E-state index in [9.17, 15) is 5.11 Å². The summed E-state index contributed by atoms with van der Waals surface area (Å²) in [5, 5.41) is 10.5. The molecule has 1 rings (SSSR count). The molecule has 0 bridgehead atoms. The van der Waals surface area contributed by atoms with E-state index in [1.165, 1.54) is 17.6 Å². The summed E-state index contributed by atoms with van der Waals surface area (Å²) in [4.78, 5) is 0. The topological polar surface area (TPSA) is 20.2 Å². The Morgan fingerprint density at radius 1 is 1.10 bits per heavy atom. The summed E-state index contributed by atoms with van der Waals surface area (Å²) < 4.78 is 0. The molecule has 2 atom stereocenters. The maximum Gasteiger partial charge on any atom is 0.0802 e. The number of hydrogen-bond donors (Lipinski definition) is 1. The Morgan fingerprint density at radius 2 is 1.71 bits per heavy atom. The highest BCUT2D eigenvalue weighted by Crippen LogP contribution is 2.25. The van der Waals surface area contributed by atoms with Crippen LogP contribution in [0, 0.1) is 11.8 Å². The zero-order valence-electron chi connectivity index (χ0n) is 14.7. The van der Waals surface area contributed by atoms with E-state index in [2.05, 4.69) is 45.9 Å². The normalized spacial score (nSPS) is 36.2. The van der Waals surface area contributed by atoms with Gasteiger partial charge in [-0.05, 0) is 71.1 Å². The van der Waals surface area contributed by atoms with Gasteiger partial charge in [0.2, 0.25) is 0 Å². The average Bonchev–Trinajstić information content (AvgIpc) is 2.37. The van der Waals surface area contributed by atoms with E-state index in [-0.39, 0.29) is 0 Å². The first kappa shape index (κ1) is 18.2. The molecule has 1 aliphatic carbocycles. The van der Waals surface area contributed by atoms with Crippen molar-refractivity contribution < 1.29 is 5.11 Å². The van der Waals surface area contributed by atoms with Crippen molar-refractivity contribution in [1.82, 2.24) is 0 Å². The third-order valence-corrected chi connectivity index (χ3v) is 4.61. The Labute approximate surface area is 131 Å². The minimum absolute atomic E-state index is 0.556. The summed E-state index contributed by atoms with van der Waals surface area (Å²) in [6.45, 7) is 10.9. The molecule has 0 aromatic carbocycles. The van der Waals surface area contributed by atoms with Crippen molar-refractivity contribution in [1.29, 1.82) is 0 Å². The Kier molecular flexibility index (Phi) is 7.45. The Bertz CT molecular complexity index is 396. The van der Waals surface area contributed by atoms with E-state index in [0.29, 0.717) is 11.8 Å². The fourth-order valence-corrected chi connectivity index (χ4v) is 2.82. The maximum atomic E-state index is 10.5. The maximum absolute atomic E-state index is 10.5. The lowest BCUT2D eigenvalue weighted by molar-refractivity contribution is 0.102. The zero-order chi connectivity index (χ0) is 15.9. The predicted octanol–water partition coefficient (Wildman–Crippen LogP) is 5.81. The van der Waals surface area contributed by atoms with Gasteiger partial charge < -0.3 is 5.11 Å². The minimum Gasteiger partial charge on any atom is -0.386 e. The SMILES string of the molecule is C/C1=C\CC[C@](C)(O)/C=C/C(C(C)C)CC/C(C)=C/CC1. The largest absolute Gasteiger partial charge is 0.386 e. The molecule has 1 unspecified atom stereocenters. The Morgan fingerprint density at radius 3 is 2.38 bits per heavy atom. The van der Waals surface area contributed by atoms with E-state index in [1.54, 1.807) is 0 Å². The summed E-state index contributed by atoms with van der Waals surface area (Å²) >= 11 is 0. The van der Waals surface area contributed by atoms with Crippen LogP contribution < -0.4 is 0 Å². The average molecular weight is 290 g/mol. The lowest BCUT2D eigenvalue weighted by atomic mass is 9.87. The second kappa shape index (κ2) is 8.58. The van der Waals surface area contributed by atoms with E-state index in [0.717, 1.165) is 32.1 Å². The summed E-state index contributed by atoms with van der Waals surface area (Å²) in [5.74, 6) is 1.18. The molecular weight excluding hydrogens is 256 g/mol. The standard InChI is InChI=1S/C20H34O/c1-16(2)19-12-11-18(4)9-6-8-17(3)10-7-14-20(5,21)15-13-19/h9-10,13,15-16,19,21H,6-8,11-12,14H2,1-5H3/b15-13+,17-10+,18-9+/t19?,20-/m0/s1. The highest BCUT2D eigenvalue weighted by molar-refractivity contribution is 5.08. The highest BCUT2D eigenvalue weighted by Gasteiger charge is 2.17. The van der Waals surface area contributed by atoms with Gasteiger partial charge >= 0.3 is 0 Å². The van der Waals surface area contributed by atoms with Crippen molar-refractivity contribution >= 4 is 0 Å². The van der Waals surface area contributed by atoms with Gasteiger partial charge in [-0.3, -0.25) is 0 Å². The van der Waals surface area contributed by atoms with Gasteiger partial charge in [0.1, 0.15) is 0 Å². The zero-order valence-corrected chi connectivity index (χ0v) is 14.7. The molecule has 0 heterocycles. The number of aliphatic hydroxyl groups is 1. The molecule has 0 spiro atoms. The van der Waals surface area contributed by atoms with Gasteiger partial charge in [-0.25, -0.2) is 0 Å². The van der Waals surface area contributed by atoms with Crippen LogP contribution in [0.25, 0.3) is 0 Å². The van der Waals surface area contributed by atoms with Gasteiger partial charge in [0, 0.05) is 0 Å². The van der Waals surface area contributed by atoms with E-state index < -0.39 is 5.60 Å². The molecule has 0 saturated carbocycles. The van der Waals surface area contributed by atoms with Crippen LogP contribution in [0.15, 0.2) is 35.5 Å². The van der Waals surface area contributed by atoms with E-state index in [4.69, 9.17) is 0 Å². The fourth-order valence-electron chi connectivity index (χ4n) is 2.82. The summed E-state index contributed by atoms with van der Waals surface area (Å²) in [5.41, 5.74) is 2.26. The monoisotopic (exact) mass is 290 g/mol. The molecule has 0 saturated heterocycles. The fraction of sp³-hybridized carbons (Fsp3) is 0.700. The van der Waals surface area contributed by atoms with Crippen molar-refractivity contribution in [3.63, 3.8) is 0 Å². The molecule has 0 amide bonds. The first-order chi connectivity index (χ1) is 9.80. The number of hydrogen-bond acceptors (Lipinski definition) is 1. The predicted molar refractivity (Wildman–Crippen MR) is 93.3 cm³/mol. The van der Waals surface area contributed by atoms with Gasteiger partial charge in [0.05, 0.1) is 5.60 Å². The van der Waals surface area contributed by atoms with E-state index >= 15 is 0 Å². The molecule has 120 valence electrons. The molecular formula is C20H34O. The summed E-state index contributed by atoms with van der Waals surface area (Å²) in [7, 11) is 0. The van der Waals surface area contributed by atoms with Crippen LogP contribution in [0.1, 0.15) is 73.1 Å². The summed E-state index contributed by atoms with van der Waals surface area (Å²) in [6.07, 6.45) is 15.4. The second-order valence-corrected chi connectivity index (χ2v) is 7.34. The van der Waals surface area contributed by atoms with Crippen LogP contribution >= 0.6 is 0 Å². The van der Waals surface area contributed by atoms with Crippen molar-refractivity contribution in [3.05, 3.63) is 35.5 Å². The molecule has 0 aromatic rings. The van der Waals surface area contributed by atoms with Crippen LogP contribution in [-0.2, 0) is 0 Å². The van der Waals surface area contributed by atoms with Gasteiger partial charge in [0.25, 0.3) is 0 Å². The minimum atomic E-state index is -0.682. The van der Waals surface area contributed by atoms with Crippen molar-refractivity contribution in [2.24, 2.45) is 11.8 Å². The highest BCUT2D eigenvalue weighted by atomic mass is 16.3. The van der Waals surface area contributed by atoms with Gasteiger partial charge in [-0.1, -0.05) is 49.3 Å². The first-order valence-electron chi connectivity index (χ1n) is 8.53. The number of allylic oxidation sites excluding steroid dienone is 5. The third kappa shape index (κ3) is 7.66. The molecule has 1 heteroatoms. The van der Waals surface area contributed by atoms with Crippen LogP contribution in [0.2, 0.25) is 0 Å². The summed E-state index contributed by atoms with van der Waals surface area (Å²) in [6, 6.07) is 0. The molecule has 1 aliphatic rings. The lowest BCUT2D eigenvalue weighted by Crippen LogP contribution is -2.21. The second-order valence-electron chi connectivity index (χ2n) is 7.34. The molecule has 0 radical (unpaired) electrons. The Balaban J connectivity index is 2.87. The smallest absolute Gasteiger partial charge is 0.0802 e. The van der Waals surface area contributed by atoms with Gasteiger partial charge in [-0.2, -0.15) is 0 Å². The lowest BCUT2D eigenvalue weighted by Gasteiger charge is -2.22. The van der Waals surface area contributed by atoms with Crippen LogP contribution in [-0.4, -0.2) is 10.7 Å². The molecule has 0 aromatic heterocycles. The van der Waals surface area contributed by atoms with Gasteiger partial charge in [-0.15, -0.1) is 0 Å². The molecule has 1 nitrogen and oxygen atoms in total. The molecule has 21 heavy (non-hydrogen) atoms. The molecule has 0 aliphatic heterocycles. The van der Waals surface area contributed by atoms with Gasteiger partial charge in [0.15, 0.2) is 0 Å². The van der Waals surface area contributed by atoms with Crippen molar-refractivity contribution in [2.75, 3.05) is 0 Å². The first-order valence-corrected chi connectivity index (χ1v) is 8.53. The van der Waals surface area contributed by atoms with Crippen molar-refractivity contribution in [2.45, 2.75) is 78.7 Å².